The Labute approximate surface area is 119 Å². The Morgan fingerprint density at radius 2 is 2.20 bits per heavy atom. The van der Waals surface area contributed by atoms with Crippen LogP contribution in [0, 0.1) is 0 Å². The summed E-state index contributed by atoms with van der Waals surface area (Å²) in [5.74, 6) is 0. The summed E-state index contributed by atoms with van der Waals surface area (Å²) >= 11 is 0.989. The second-order valence-corrected chi connectivity index (χ2v) is 6.26. The number of benzene rings is 1. The number of hydrogen-bond acceptors (Lipinski definition) is 6. The predicted molar refractivity (Wildman–Crippen MR) is 76.1 cm³/mol. The minimum atomic E-state index is -3.70. The van der Waals surface area contributed by atoms with E-state index < -0.39 is 10.0 Å². The second kappa shape index (κ2) is 4.84. The molecule has 20 heavy (non-hydrogen) atoms. The van der Waals surface area contributed by atoms with E-state index in [1.165, 1.54) is 12.3 Å². The zero-order chi connectivity index (χ0) is 14.2. The molecule has 1 N–H and O–H groups in total. The number of fused-ring (bicyclic) bond motifs is 1. The van der Waals surface area contributed by atoms with Crippen LogP contribution in [0.25, 0.3) is 11.0 Å². The highest BCUT2D eigenvalue weighted by Crippen LogP contribution is 2.23. The first kappa shape index (κ1) is 13.0. The van der Waals surface area contributed by atoms with Crippen LogP contribution in [0.3, 0.4) is 0 Å². The number of nitrogens with one attached hydrogen (secondary N) is 1. The number of nitrogens with zero attached hydrogens (tertiary/aromatic N) is 4. The van der Waals surface area contributed by atoms with Gasteiger partial charge in [-0.2, -0.15) is 13.8 Å². The molecule has 0 aliphatic heterocycles. The maximum Gasteiger partial charge on any atom is 0.264 e. The molecule has 0 saturated carbocycles. The number of anilines is 1. The SMILES string of the molecule is CCn1cc(NS(=O)(=O)c2cccc3nsnc23)cn1. The molecule has 2 aromatic heterocycles. The van der Waals surface area contributed by atoms with E-state index in [1.54, 1.807) is 23.0 Å². The van der Waals surface area contributed by atoms with Gasteiger partial charge in [0.05, 0.1) is 23.6 Å². The number of hydrogen-bond donors (Lipinski definition) is 1. The molecule has 0 amide bonds. The van der Waals surface area contributed by atoms with Gasteiger partial charge in [0.25, 0.3) is 10.0 Å². The number of rotatable bonds is 4. The molecule has 3 aromatic rings. The topological polar surface area (TPSA) is 89.8 Å². The standard InChI is InChI=1S/C11H11N5O2S2/c1-2-16-7-8(6-12-16)15-20(17,18)10-5-3-4-9-11(10)14-19-13-9/h3-7,15H,2H2,1H3. The van der Waals surface area contributed by atoms with Crippen LogP contribution in [0.2, 0.25) is 0 Å². The third-order valence-corrected chi connectivity index (χ3v) is 4.70. The van der Waals surface area contributed by atoms with Crippen molar-refractivity contribution in [2.45, 2.75) is 18.4 Å². The maximum absolute atomic E-state index is 12.4. The Morgan fingerprint density at radius 3 is 2.95 bits per heavy atom. The van der Waals surface area contributed by atoms with Crippen LogP contribution < -0.4 is 4.72 Å². The average Bonchev–Trinajstić information content (AvgIpc) is 3.05. The van der Waals surface area contributed by atoms with Crippen LogP contribution in [-0.2, 0) is 16.6 Å². The first-order valence-corrected chi connectivity index (χ1v) is 8.08. The monoisotopic (exact) mass is 309 g/mol. The molecule has 104 valence electrons. The van der Waals surface area contributed by atoms with Crippen LogP contribution in [0.15, 0.2) is 35.5 Å². The molecular formula is C11H11N5O2S2. The van der Waals surface area contributed by atoms with Gasteiger partial charge in [0.2, 0.25) is 0 Å². The van der Waals surface area contributed by atoms with Gasteiger partial charge in [-0.15, -0.1) is 0 Å². The summed E-state index contributed by atoms with van der Waals surface area (Å²) in [6.07, 6.45) is 3.11. The van der Waals surface area contributed by atoms with Crippen molar-refractivity contribution < 1.29 is 8.42 Å². The molecule has 0 aliphatic carbocycles. The van der Waals surface area contributed by atoms with Crippen LogP contribution in [0.5, 0.6) is 0 Å². The Balaban J connectivity index is 2.01. The largest absolute Gasteiger partial charge is 0.276 e. The van der Waals surface area contributed by atoms with Gasteiger partial charge in [-0.3, -0.25) is 9.40 Å². The van der Waals surface area contributed by atoms with Crippen molar-refractivity contribution >= 4 is 38.5 Å². The molecular weight excluding hydrogens is 298 g/mol. The Kier molecular flexibility index (Phi) is 3.14. The number of sulfonamides is 1. The molecule has 0 atom stereocenters. The van der Waals surface area contributed by atoms with Crippen molar-refractivity contribution in [3.63, 3.8) is 0 Å². The van der Waals surface area contributed by atoms with E-state index in [0.29, 0.717) is 23.3 Å². The molecule has 2 heterocycles. The third-order valence-electron chi connectivity index (χ3n) is 2.75. The van der Waals surface area contributed by atoms with E-state index in [-0.39, 0.29) is 4.90 Å². The van der Waals surface area contributed by atoms with E-state index >= 15 is 0 Å². The highest BCUT2D eigenvalue weighted by atomic mass is 32.2. The zero-order valence-electron chi connectivity index (χ0n) is 10.5. The zero-order valence-corrected chi connectivity index (χ0v) is 12.1. The quantitative estimate of drug-likeness (QED) is 0.792. The fourth-order valence-electron chi connectivity index (χ4n) is 1.80. The van der Waals surface area contributed by atoms with Gasteiger partial charge in [-0.25, -0.2) is 8.42 Å². The average molecular weight is 309 g/mol. The molecule has 0 fully saturated rings. The summed E-state index contributed by atoms with van der Waals surface area (Å²) in [7, 11) is -3.70. The normalized spacial score (nSPS) is 11.8. The van der Waals surface area contributed by atoms with E-state index in [2.05, 4.69) is 18.6 Å². The van der Waals surface area contributed by atoms with Gasteiger partial charge in [-0.05, 0) is 19.1 Å². The Bertz CT molecular complexity index is 852. The first-order chi connectivity index (χ1) is 9.60. The van der Waals surface area contributed by atoms with Gasteiger partial charge < -0.3 is 0 Å². The van der Waals surface area contributed by atoms with Gasteiger partial charge in [-0.1, -0.05) is 6.07 Å². The Morgan fingerprint density at radius 1 is 1.35 bits per heavy atom. The lowest BCUT2D eigenvalue weighted by molar-refractivity contribution is 0.602. The fourth-order valence-corrected chi connectivity index (χ4v) is 3.59. The fraction of sp³-hybridized carbons (Fsp3) is 0.182. The van der Waals surface area contributed by atoms with Gasteiger partial charge in [0.1, 0.15) is 15.9 Å². The minimum Gasteiger partial charge on any atom is -0.276 e. The van der Waals surface area contributed by atoms with Crippen molar-refractivity contribution in [2.24, 2.45) is 0 Å². The molecule has 0 unspecified atom stereocenters. The Hall–Kier alpha value is -2.00. The summed E-state index contributed by atoms with van der Waals surface area (Å²) in [5.41, 5.74) is 1.38. The van der Waals surface area contributed by atoms with Crippen molar-refractivity contribution in [2.75, 3.05) is 4.72 Å². The number of aromatic nitrogens is 4. The highest BCUT2D eigenvalue weighted by Gasteiger charge is 2.20. The van der Waals surface area contributed by atoms with Gasteiger partial charge in [0, 0.05) is 12.7 Å². The molecule has 3 rings (SSSR count). The molecule has 9 heteroatoms. The summed E-state index contributed by atoms with van der Waals surface area (Å²) < 4.78 is 37.0. The first-order valence-electron chi connectivity index (χ1n) is 5.87. The molecule has 1 aromatic carbocycles. The molecule has 0 spiro atoms. The molecule has 7 nitrogen and oxygen atoms in total. The second-order valence-electron chi connectivity index (χ2n) is 4.08. The van der Waals surface area contributed by atoms with Crippen LogP contribution in [0.4, 0.5) is 5.69 Å². The predicted octanol–water partition coefficient (Wildman–Crippen LogP) is 1.71. The molecule has 0 saturated heterocycles. The van der Waals surface area contributed by atoms with Crippen molar-refractivity contribution in [1.29, 1.82) is 0 Å². The minimum absolute atomic E-state index is 0.119. The van der Waals surface area contributed by atoms with Crippen molar-refractivity contribution in [1.82, 2.24) is 18.5 Å². The molecule has 0 radical (unpaired) electrons. The van der Waals surface area contributed by atoms with Crippen LogP contribution >= 0.6 is 11.7 Å². The summed E-state index contributed by atoms with van der Waals surface area (Å²) in [5, 5.41) is 4.03. The maximum atomic E-state index is 12.4. The van der Waals surface area contributed by atoms with E-state index in [0.717, 1.165) is 11.7 Å². The van der Waals surface area contributed by atoms with E-state index in [4.69, 9.17) is 0 Å². The van der Waals surface area contributed by atoms with E-state index in [9.17, 15) is 8.42 Å². The number of aryl methyl sites for hydroxylation is 1. The van der Waals surface area contributed by atoms with E-state index in [1.807, 2.05) is 6.92 Å². The summed E-state index contributed by atoms with van der Waals surface area (Å²) in [4.78, 5) is 0.119. The summed E-state index contributed by atoms with van der Waals surface area (Å²) in [6, 6.07) is 4.89. The van der Waals surface area contributed by atoms with Crippen molar-refractivity contribution in [3.8, 4) is 0 Å². The lowest BCUT2D eigenvalue weighted by Gasteiger charge is -2.05. The smallest absolute Gasteiger partial charge is 0.264 e. The lowest BCUT2D eigenvalue weighted by Crippen LogP contribution is -2.13. The summed E-state index contributed by atoms with van der Waals surface area (Å²) in [6.45, 7) is 2.60. The lowest BCUT2D eigenvalue weighted by atomic mass is 10.3. The van der Waals surface area contributed by atoms with Crippen molar-refractivity contribution in [3.05, 3.63) is 30.6 Å². The molecule has 0 bridgehead atoms. The molecule has 0 aliphatic rings. The third kappa shape index (κ3) is 2.25. The van der Waals surface area contributed by atoms with Gasteiger partial charge in [0.15, 0.2) is 0 Å². The van der Waals surface area contributed by atoms with Crippen LogP contribution in [-0.4, -0.2) is 26.9 Å². The van der Waals surface area contributed by atoms with Gasteiger partial charge >= 0.3 is 0 Å². The highest BCUT2D eigenvalue weighted by molar-refractivity contribution is 7.93. The van der Waals surface area contributed by atoms with Crippen LogP contribution in [0.1, 0.15) is 6.92 Å².